The fourth-order valence-corrected chi connectivity index (χ4v) is 0.787. The van der Waals surface area contributed by atoms with Crippen molar-refractivity contribution >= 4 is 0 Å². The smallest absolute Gasteiger partial charge is 1.00 e. The van der Waals surface area contributed by atoms with Crippen molar-refractivity contribution in [2.45, 2.75) is 0 Å². The summed E-state index contributed by atoms with van der Waals surface area (Å²) in [6, 6.07) is 0. The second-order valence-electron chi connectivity index (χ2n) is 0.814. The summed E-state index contributed by atoms with van der Waals surface area (Å²) in [5.41, 5.74) is 0. The number of halogens is 2. The Morgan fingerprint density at radius 2 is 0.917 bits per heavy atom. The molecule has 0 aliphatic heterocycles. The van der Waals surface area contributed by atoms with E-state index < -0.39 is 20.5 Å². The Labute approximate surface area is 118 Å². The third kappa shape index (κ3) is 22.8. The zero-order valence-electron chi connectivity index (χ0n) is 8.11. The molecule has 0 aliphatic rings. The van der Waals surface area contributed by atoms with Crippen molar-refractivity contribution in [1.29, 1.82) is 0 Å². The van der Waals surface area contributed by atoms with Gasteiger partial charge in [0.05, 0.1) is 0 Å². The summed E-state index contributed by atoms with van der Waals surface area (Å²) in [5.74, 6) is 0. The molecule has 0 saturated heterocycles. The molecule has 2 N–H and O–H groups in total. The molecule has 0 heterocycles. The second kappa shape index (κ2) is 8.56. The number of rotatable bonds is 2. The molecule has 68 valence electrons. The van der Waals surface area contributed by atoms with E-state index >= 15 is 0 Å². The Balaban J connectivity index is -0.0000000320. The Bertz CT molecular complexity index is 88.5. The van der Waals surface area contributed by atoms with Crippen LogP contribution in [0.15, 0.2) is 0 Å². The monoisotopic (exact) mass is 248 g/mol. The first kappa shape index (κ1) is 23.8. The van der Waals surface area contributed by atoms with Gasteiger partial charge in [-0.3, -0.25) is 0 Å². The van der Waals surface area contributed by atoms with Gasteiger partial charge in [-0.15, -0.1) is 0 Å². The maximum atomic E-state index is 9.26. The normalized spacial score (nSPS) is 10.5. The van der Waals surface area contributed by atoms with Gasteiger partial charge in [0.15, 0.2) is 0 Å². The van der Waals surface area contributed by atoms with Crippen molar-refractivity contribution in [3.8, 4) is 0 Å². The Morgan fingerprint density at radius 3 is 0.917 bits per heavy atom. The summed E-state index contributed by atoms with van der Waals surface area (Å²) in [6.07, 6.45) is 0. The maximum absolute atomic E-state index is 9.26. The maximum Gasteiger partial charge on any atom is 1.00 e. The van der Waals surface area contributed by atoms with Gasteiger partial charge in [0.1, 0.15) is 0 Å². The van der Waals surface area contributed by atoms with Crippen LogP contribution in [0.4, 0.5) is 0 Å². The van der Waals surface area contributed by atoms with E-state index in [4.69, 9.17) is 0 Å². The molecule has 0 fully saturated rings. The van der Waals surface area contributed by atoms with Crippen LogP contribution in [-0.2, 0) is 3.84 Å². The van der Waals surface area contributed by atoms with Crippen LogP contribution in [0, 0.1) is 20.5 Å². The van der Waals surface area contributed by atoms with Crippen molar-refractivity contribution in [3.05, 3.63) is 0 Å². The van der Waals surface area contributed by atoms with E-state index in [-0.39, 0.29) is 67.4 Å². The summed E-state index contributed by atoms with van der Waals surface area (Å²) in [4.78, 5) is 0. The quantitative estimate of drug-likeness (QED) is 0.435. The van der Waals surface area contributed by atoms with Crippen molar-refractivity contribution in [2.75, 3.05) is 0 Å². The molecule has 0 radical (unpaired) electrons. The zero-order valence-corrected chi connectivity index (χ0v) is 11.6. The average Bonchev–Trinajstić information content (AvgIpc) is 1.14. The fraction of sp³-hybridized carbons (Fsp3) is 0. The minimum Gasteiger partial charge on any atom is -1.00 e. The van der Waals surface area contributed by atoms with Crippen molar-refractivity contribution < 1.29 is 120 Å². The summed E-state index contributed by atoms with van der Waals surface area (Å²) in [6.45, 7) is 0. The summed E-state index contributed by atoms with van der Waals surface area (Å²) < 4.78 is 57.9. The van der Waals surface area contributed by atoms with Crippen LogP contribution in [0.25, 0.3) is 0 Å². The van der Waals surface area contributed by atoms with Gasteiger partial charge >= 0.3 is 63.0 Å². The number of hydrogen-bond acceptors (Lipinski definition) is 7. The molecule has 0 unspecified atom stereocenters. The Morgan fingerprint density at radius 1 is 0.750 bits per heavy atom. The van der Waals surface area contributed by atoms with Crippen molar-refractivity contribution in [3.63, 3.8) is 0 Å². The van der Waals surface area contributed by atoms with Crippen LogP contribution in [-0.4, -0.2) is 5.48 Å². The van der Waals surface area contributed by atoms with Crippen LogP contribution in [0.3, 0.4) is 0 Å². The molecule has 0 spiro atoms. The molecule has 0 rings (SSSR count). The molecule has 0 aromatic rings. The van der Waals surface area contributed by atoms with Gasteiger partial charge in [-0.05, 0) is 0 Å². The molecule has 0 aromatic heterocycles. The first-order chi connectivity index (χ1) is 3.71. The third-order valence-corrected chi connectivity index (χ3v) is 1.29. The standard InChI is InChI=1S/Cl2O7.2Na.H2O.2H/c3-1(4,5)9-2(6,7)8;;;;;/h;;;1H2;;/q;2*+1;;2*-1. The molecule has 12 heavy (non-hydrogen) atoms. The molecule has 0 atom stereocenters. The predicted octanol–water partition coefficient (Wildman–Crippen LogP) is -13.8. The van der Waals surface area contributed by atoms with Gasteiger partial charge in [-0.25, -0.2) is 0 Å². The Kier molecular flexibility index (Phi) is 17.0. The van der Waals surface area contributed by atoms with E-state index in [2.05, 4.69) is 3.84 Å². The summed E-state index contributed by atoms with van der Waals surface area (Å²) >= 11 is 0. The SMILES string of the molecule is O.[H-].[H-].[Na+].[Na+].[O-][Cl+3]([O-])([O-])O[Cl+3]([O-])([O-])[O-]. The van der Waals surface area contributed by atoms with Crippen LogP contribution >= 0.6 is 0 Å². The van der Waals surface area contributed by atoms with Crippen LogP contribution in [0.2, 0.25) is 0 Å². The number of hydrogen-bond donors (Lipinski definition) is 0. The molecule has 0 amide bonds. The topological polar surface area (TPSA) is 179 Å². The first-order valence-corrected chi connectivity index (χ1v) is 3.70. The largest absolute Gasteiger partial charge is 1.00 e. The van der Waals surface area contributed by atoms with Gasteiger partial charge in [-0.1, -0.05) is 0 Å². The second-order valence-corrected chi connectivity index (χ2v) is 2.79. The van der Waals surface area contributed by atoms with Gasteiger partial charge < -0.3 is 8.33 Å². The minimum atomic E-state index is -5.19. The molecule has 0 bridgehead atoms. The van der Waals surface area contributed by atoms with E-state index in [1.54, 1.807) is 0 Å². The van der Waals surface area contributed by atoms with Crippen molar-refractivity contribution in [2.24, 2.45) is 0 Å². The average molecular weight is 249 g/mol. The molecule has 0 aliphatic carbocycles. The van der Waals surface area contributed by atoms with Gasteiger partial charge in [0, 0.05) is 0 Å². The first-order valence-electron chi connectivity index (χ1n) is 1.23. The van der Waals surface area contributed by atoms with Gasteiger partial charge in [-0.2, -0.15) is 28.0 Å². The molecule has 8 nitrogen and oxygen atoms in total. The fourth-order valence-electron chi connectivity index (χ4n) is 0.0875. The molecule has 12 heteroatoms. The molecular weight excluding hydrogens is 245 g/mol. The summed E-state index contributed by atoms with van der Waals surface area (Å²) in [5, 5.41) is 0. The molecule has 0 aromatic carbocycles. The Hall–Kier alpha value is 2.26. The van der Waals surface area contributed by atoms with Gasteiger partial charge in [0.2, 0.25) is 20.5 Å². The minimum absolute atomic E-state index is 0. The van der Waals surface area contributed by atoms with Crippen molar-refractivity contribution in [1.82, 2.24) is 0 Å². The predicted molar refractivity (Wildman–Crippen MR) is 6.92 cm³/mol. The van der Waals surface area contributed by atoms with E-state index in [9.17, 15) is 28.0 Å². The van der Waals surface area contributed by atoms with E-state index in [1.165, 1.54) is 0 Å². The molecule has 0 saturated carbocycles. The van der Waals surface area contributed by atoms with E-state index in [1.807, 2.05) is 0 Å². The van der Waals surface area contributed by atoms with E-state index in [0.717, 1.165) is 0 Å². The van der Waals surface area contributed by atoms with E-state index in [0.29, 0.717) is 0 Å². The van der Waals surface area contributed by atoms with Crippen LogP contribution < -0.4 is 87.1 Å². The third-order valence-electron chi connectivity index (χ3n) is 0.143. The van der Waals surface area contributed by atoms with Crippen LogP contribution in [0.5, 0.6) is 0 Å². The molecular formula is H4Cl2Na2O8. The zero-order chi connectivity index (χ0) is 7.71. The summed E-state index contributed by atoms with van der Waals surface area (Å²) in [7, 11) is -10.4. The van der Waals surface area contributed by atoms with Crippen LogP contribution in [0.1, 0.15) is 2.85 Å². The van der Waals surface area contributed by atoms with Gasteiger partial charge in [0.25, 0.3) is 0 Å².